The minimum absolute atomic E-state index is 0.0151. The van der Waals surface area contributed by atoms with Crippen LogP contribution in [0.25, 0.3) is 0 Å². The lowest BCUT2D eigenvalue weighted by Crippen LogP contribution is -2.09. The van der Waals surface area contributed by atoms with Crippen molar-refractivity contribution >= 4 is 27.5 Å². The lowest BCUT2D eigenvalue weighted by atomic mass is 10.0. The molecule has 0 amide bonds. The number of hydrogen-bond acceptors (Lipinski definition) is 2. The Bertz CT molecular complexity index is 472. The third-order valence-electron chi connectivity index (χ3n) is 3.15. The highest BCUT2D eigenvalue weighted by atomic mass is 79.9. The molecular weight excluding hydrogens is 323 g/mol. The second kappa shape index (κ2) is 9.01. The number of hydrogen-bond donors (Lipinski definition) is 0. The quantitative estimate of drug-likeness (QED) is 0.355. The average molecular weight is 343 g/mol. The van der Waals surface area contributed by atoms with Gasteiger partial charge < -0.3 is 0 Å². The molecule has 0 spiro atoms. The Morgan fingerprint density at radius 3 is 2.55 bits per heavy atom. The van der Waals surface area contributed by atoms with Crippen molar-refractivity contribution in [3.8, 4) is 0 Å². The summed E-state index contributed by atoms with van der Waals surface area (Å²) in [6.45, 7) is 2.14. The number of rotatable bonds is 9. The van der Waals surface area contributed by atoms with E-state index in [0.717, 1.165) is 25.7 Å². The summed E-state index contributed by atoms with van der Waals surface area (Å²) in [5.74, 6) is -1.12. The van der Waals surface area contributed by atoms with Gasteiger partial charge in [-0.05, 0) is 24.6 Å². The van der Waals surface area contributed by atoms with Gasteiger partial charge in [0.2, 0.25) is 0 Å². The summed E-state index contributed by atoms with van der Waals surface area (Å²) >= 11 is 3.19. The smallest absolute Gasteiger partial charge is 0.173 e. The number of carbonyl (C=O) groups is 2. The topological polar surface area (TPSA) is 34.1 Å². The number of ketones is 2. The molecule has 0 fully saturated rings. The highest BCUT2D eigenvalue weighted by molar-refractivity contribution is 9.10. The van der Waals surface area contributed by atoms with Crippen LogP contribution in [0.5, 0.6) is 0 Å². The van der Waals surface area contributed by atoms with Gasteiger partial charge in [0.25, 0.3) is 0 Å². The van der Waals surface area contributed by atoms with Gasteiger partial charge in [0.1, 0.15) is 11.6 Å². The zero-order valence-corrected chi connectivity index (χ0v) is 13.3. The van der Waals surface area contributed by atoms with Crippen molar-refractivity contribution in [1.29, 1.82) is 0 Å². The summed E-state index contributed by atoms with van der Waals surface area (Å²) < 4.78 is 14.1. The molecule has 0 saturated heterocycles. The van der Waals surface area contributed by atoms with E-state index in [9.17, 15) is 14.0 Å². The maximum Gasteiger partial charge on any atom is 0.173 e. The van der Waals surface area contributed by atoms with Crippen LogP contribution in [-0.2, 0) is 4.79 Å². The Hall–Kier alpha value is -1.03. The Kier molecular flexibility index (Phi) is 7.67. The molecule has 0 saturated carbocycles. The Morgan fingerprint density at radius 2 is 1.85 bits per heavy atom. The largest absolute Gasteiger partial charge is 0.299 e. The first-order chi connectivity index (χ1) is 9.54. The van der Waals surface area contributed by atoms with Crippen molar-refractivity contribution in [1.82, 2.24) is 0 Å². The molecule has 0 N–H and O–H groups in total. The van der Waals surface area contributed by atoms with Crippen molar-refractivity contribution < 1.29 is 14.0 Å². The van der Waals surface area contributed by atoms with E-state index in [4.69, 9.17) is 0 Å². The van der Waals surface area contributed by atoms with E-state index in [2.05, 4.69) is 22.9 Å². The standard InChI is InChI=1S/C16H20BrFO2/c1-2-3-4-5-6-7-13(19)11-16(20)14-10-12(17)8-9-15(14)18/h8-10H,2-7,11H2,1H3. The van der Waals surface area contributed by atoms with E-state index < -0.39 is 11.6 Å². The predicted molar refractivity (Wildman–Crippen MR) is 81.4 cm³/mol. The molecule has 0 bridgehead atoms. The monoisotopic (exact) mass is 342 g/mol. The van der Waals surface area contributed by atoms with Crippen molar-refractivity contribution in [2.24, 2.45) is 0 Å². The Balaban J connectivity index is 2.41. The van der Waals surface area contributed by atoms with E-state index in [1.54, 1.807) is 0 Å². The Morgan fingerprint density at radius 1 is 1.15 bits per heavy atom. The van der Waals surface area contributed by atoms with Crippen molar-refractivity contribution in [2.45, 2.75) is 51.9 Å². The van der Waals surface area contributed by atoms with Gasteiger partial charge in [0.05, 0.1) is 12.0 Å². The van der Waals surface area contributed by atoms with Crippen LogP contribution in [0.2, 0.25) is 0 Å². The van der Waals surface area contributed by atoms with Crippen LogP contribution < -0.4 is 0 Å². The molecule has 0 heterocycles. The third-order valence-corrected chi connectivity index (χ3v) is 3.64. The highest BCUT2D eigenvalue weighted by Crippen LogP contribution is 2.17. The zero-order chi connectivity index (χ0) is 15.0. The van der Waals surface area contributed by atoms with E-state index in [0.29, 0.717) is 10.9 Å². The van der Waals surface area contributed by atoms with Crippen LogP contribution in [0.3, 0.4) is 0 Å². The first-order valence-corrected chi connectivity index (χ1v) is 7.84. The zero-order valence-electron chi connectivity index (χ0n) is 11.8. The second-order valence-corrected chi connectivity index (χ2v) is 5.84. The molecule has 1 aromatic rings. The molecule has 0 radical (unpaired) electrons. The SMILES string of the molecule is CCCCCCCC(=O)CC(=O)c1cc(Br)ccc1F. The summed E-state index contributed by atoms with van der Waals surface area (Å²) in [5, 5.41) is 0. The minimum Gasteiger partial charge on any atom is -0.299 e. The normalized spacial score (nSPS) is 10.6. The molecule has 0 aliphatic carbocycles. The van der Waals surface area contributed by atoms with E-state index in [1.807, 2.05) is 0 Å². The van der Waals surface area contributed by atoms with Gasteiger partial charge in [-0.25, -0.2) is 4.39 Å². The number of Topliss-reactive ketones (excluding diaryl/α,β-unsaturated/α-hetero) is 2. The van der Waals surface area contributed by atoms with Crippen molar-refractivity contribution in [3.05, 3.63) is 34.1 Å². The van der Waals surface area contributed by atoms with Crippen LogP contribution >= 0.6 is 15.9 Å². The van der Waals surface area contributed by atoms with E-state index in [1.165, 1.54) is 24.6 Å². The van der Waals surface area contributed by atoms with Gasteiger partial charge in [-0.3, -0.25) is 9.59 Å². The molecule has 0 unspecified atom stereocenters. The minimum atomic E-state index is -0.575. The van der Waals surface area contributed by atoms with Crippen LogP contribution in [0.4, 0.5) is 4.39 Å². The predicted octanol–water partition coefficient (Wildman–Crippen LogP) is 5.09. The maximum absolute atomic E-state index is 13.5. The van der Waals surface area contributed by atoms with Crippen LogP contribution in [0.1, 0.15) is 62.2 Å². The lowest BCUT2D eigenvalue weighted by molar-refractivity contribution is -0.118. The van der Waals surface area contributed by atoms with Gasteiger partial charge in [0, 0.05) is 10.9 Å². The Labute approximate surface area is 127 Å². The van der Waals surface area contributed by atoms with Crippen LogP contribution in [-0.4, -0.2) is 11.6 Å². The molecule has 110 valence electrons. The highest BCUT2D eigenvalue weighted by Gasteiger charge is 2.15. The van der Waals surface area contributed by atoms with E-state index >= 15 is 0 Å². The molecule has 2 nitrogen and oxygen atoms in total. The molecule has 0 aliphatic rings. The first-order valence-electron chi connectivity index (χ1n) is 7.04. The first kappa shape index (κ1) is 17.0. The van der Waals surface area contributed by atoms with Crippen molar-refractivity contribution in [3.63, 3.8) is 0 Å². The van der Waals surface area contributed by atoms with Crippen molar-refractivity contribution in [2.75, 3.05) is 0 Å². The molecule has 1 aromatic carbocycles. The van der Waals surface area contributed by atoms with E-state index in [-0.39, 0.29) is 17.8 Å². The van der Waals surface area contributed by atoms with Gasteiger partial charge in [-0.1, -0.05) is 48.5 Å². The molecule has 0 aliphatic heterocycles. The number of benzene rings is 1. The number of unbranched alkanes of at least 4 members (excludes halogenated alkanes) is 4. The van der Waals surface area contributed by atoms with Gasteiger partial charge >= 0.3 is 0 Å². The third kappa shape index (κ3) is 5.95. The summed E-state index contributed by atoms with van der Waals surface area (Å²) in [6, 6.07) is 4.18. The molecule has 0 aromatic heterocycles. The fourth-order valence-corrected chi connectivity index (χ4v) is 2.36. The van der Waals surface area contributed by atoms with Gasteiger partial charge in [0.15, 0.2) is 5.78 Å². The summed E-state index contributed by atoms with van der Waals surface area (Å²) in [4.78, 5) is 23.6. The fourth-order valence-electron chi connectivity index (χ4n) is 2.00. The summed E-state index contributed by atoms with van der Waals surface area (Å²) in [6.07, 6.45) is 5.49. The average Bonchev–Trinajstić information content (AvgIpc) is 2.41. The fraction of sp³-hybridized carbons (Fsp3) is 0.500. The molecule has 4 heteroatoms. The molecule has 20 heavy (non-hydrogen) atoms. The molecule has 1 rings (SSSR count). The maximum atomic E-state index is 13.5. The van der Waals surface area contributed by atoms with Gasteiger partial charge in [-0.2, -0.15) is 0 Å². The summed E-state index contributed by atoms with van der Waals surface area (Å²) in [5.41, 5.74) is -0.0151. The number of carbonyl (C=O) groups excluding carboxylic acids is 2. The van der Waals surface area contributed by atoms with Crippen LogP contribution in [0.15, 0.2) is 22.7 Å². The number of halogens is 2. The van der Waals surface area contributed by atoms with Gasteiger partial charge in [-0.15, -0.1) is 0 Å². The molecule has 0 atom stereocenters. The second-order valence-electron chi connectivity index (χ2n) is 4.93. The summed E-state index contributed by atoms with van der Waals surface area (Å²) in [7, 11) is 0. The van der Waals surface area contributed by atoms with Crippen LogP contribution in [0, 0.1) is 5.82 Å². The molecular formula is C16H20BrFO2. The lowest BCUT2D eigenvalue weighted by Gasteiger charge is -2.03.